The van der Waals surface area contributed by atoms with Crippen LogP contribution in [0, 0.1) is 6.92 Å². The predicted molar refractivity (Wildman–Crippen MR) is 96.9 cm³/mol. The zero-order valence-electron chi connectivity index (χ0n) is 13.6. The lowest BCUT2D eigenvalue weighted by molar-refractivity contribution is 0.525. The Morgan fingerprint density at radius 1 is 1.30 bits per heavy atom. The maximum atomic E-state index is 4.49. The highest BCUT2D eigenvalue weighted by Gasteiger charge is 2.21. The standard InChI is InChI=1S/C17H22BrN5/c1-3-14-8-16(21-11-20-14)23-6-4-5-15(10-23)22-17-12(2)7-13(18)9-19-17/h7-9,11,15H,3-6,10H2,1-2H3,(H,19,22). The van der Waals surface area contributed by atoms with Crippen molar-refractivity contribution >= 4 is 27.6 Å². The van der Waals surface area contributed by atoms with Gasteiger partial charge >= 0.3 is 0 Å². The third kappa shape index (κ3) is 3.99. The molecular formula is C17H22BrN5. The first-order valence-corrected chi connectivity index (χ1v) is 8.89. The zero-order valence-corrected chi connectivity index (χ0v) is 15.2. The van der Waals surface area contributed by atoms with Gasteiger partial charge in [0.05, 0.1) is 0 Å². The lowest BCUT2D eigenvalue weighted by Gasteiger charge is -2.34. The van der Waals surface area contributed by atoms with Gasteiger partial charge in [0.1, 0.15) is 18.0 Å². The third-order valence-electron chi connectivity index (χ3n) is 4.20. The van der Waals surface area contributed by atoms with Gasteiger partial charge in [-0.3, -0.25) is 0 Å². The molecule has 6 heteroatoms. The minimum absolute atomic E-state index is 0.385. The maximum Gasteiger partial charge on any atom is 0.132 e. The first kappa shape index (κ1) is 16.2. The molecule has 2 aromatic rings. The fraction of sp³-hybridized carbons (Fsp3) is 0.471. The molecule has 23 heavy (non-hydrogen) atoms. The smallest absolute Gasteiger partial charge is 0.132 e. The van der Waals surface area contributed by atoms with Gasteiger partial charge in [0.2, 0.25) is 0 Å². The van der Waals surface area contributed by atoms with Gasteiger partial charge in [0.25, 0.3) is 0 Å². The topological polar surface area (TPSA) is 53.9 Å². The van der Waals surface area contributed by atoms with E-state index in [0.717, 1.165) is 59.7 Å². The second-order valence-electron chi connectivity index (χ2n) is 5.97. The molecule has 0 spiro atoms. The number of pyridine rings is 1. The van der Waals surface area contributed by atoms with Crippen LogP contribution in [0.2, 0.25) is 0 Å². The molecule has 0 radical (unpaired) electrons. The van der Waals surface area contributed by atoms with Gasteiger partial charge in [0, 0.05) is 41.6 Å². The quantitative estimate of drug-likeness (QED) is 0.884. The summed E-state index contributed by atoms with van der Waals surface area (Å²) < 4.78 is 1.01. The second-order valence-corrected chi connectivity index (χ2v) is 6.89. The van der Waals surface area contributed by atoms with Crippen molar-refractivity contribution in [2.45, 2.75) is 39.2 Å². The van der Waals surface area contributed by atoms with Gasteiger partial charge in [-0.1, -0.05) is 6.92 Å². The van der Waals surface area contributed by atoms with Crippen molar-refractivity contribution in [3.8, 4) is 0 Å². The van der Waals surface area contributed by atoms with Crippen LogP contribution < -0.4 is 10.2 Å². The lowest BCUT2D eigenvalue weighted by Crippen LogP contribution is -2.42. The average molecular weight is 376 g/mol. The van der Waals surface area contributed by atoms with Crippen molar-refractivity contribution in [1.82, 2.24) is 15.0 Å². The summed E-state index contributed by atoms with van der Waals surface area (Å²) in [7, 11) is 0. The molecule has 1 unspecified atom stereocenters. The predicted octanol–water partition coefficient (Wildman–Crippen LogP) is 3.59. The van der Waals surface area contributed by atoms with E-state index in [4.69, 9.17) is 0 Å². The van der Waals surface area contributed by atoms with Crippen molar-refractivity contribution < 1.29 is 0 Å². The number of halogens is 1. The van der Waals surface area contributed by atoms with E-state index in [1.54, 1.807) is 6.33 Å². The molecule has 1 atom stereocenters. The van der Waals surface area contributed by atoms with Gasteiger partial charge in [0.15, 0.2) is 0 Å². The Balaban J connectivity index is 1.70. The number of hydrogen-bond acceptors (Lipinski definition) is 5. The van der Waals surface area contributed by atoms with Crippen molar-refractivity contribution in [3.05, 3.63) is 40.4 Å². The van der Waals surface area contributed by atoms with E-state index in [1.807, 2.05) is 6.20 Å². The molecule has 0 aliphatic carbocycles. The summed E-state index contributed by atoms with van der Waals surface area (Å²) in [4.78, 5) is 15.6. The molecule has 1 N–H and O–H groups in total. The van der Waals surface area contributed by atoms with E-state index in [9.17, 15) is 0 Å². The van der Waals surface area contributed by atoms with Crippen LogP contribution in [0.25, 0.3) is 0 Å². The van der Waals surface area contributed by atoms with E-state index in [-0.39, 0.29) is 0 Å². The van der Waals surface area contributed by atoms with Crippen molar-refractivity contribution in [2.75, 3.05) is 23.3 Å². The fourth-order valence-electron chi connectivity index (χ4n) is 2.94. The largest absolute Gasteiger partial charge is 0.365 e. The van der Waals surface area contributed by atoms with E-state index in [2.05, 4.69) is 67.1 Å². The normalized spacial score (nSPS) is 18.0. The molecule has 5 nitrogen and oxygen atoms in total. The minimum atomic E-state index is 0.385. The Hall–Kier alpha value is -1.69. The zero-order chi connectivity index (χ0) is 16.2. The maximum absolute atomic E-state index is 4.49. The number of aryl methyl sites for hydroxylation is 2. The van der Waals surface area contributed by atoms with Gasteiger partial charge < -0.3 is 10.2 Å². The summed E-state index contributed by atoms with van der Waals surface area (Å²) in [5, 5.41) is 3.59. The first-order valence-electron chi connectivity index (χ1n) is 8.10. The lowest BCUT2D eigenvalue weighted by atomic mass is 10.1. The van der Waals surface area contributed by atoms with Crippen LogP contribution in [-0.2, 0) is 6.42 Å². The summed E-state index contributed by atoms with van der Waals surface area (Å²) in [5.41, 5.74) is 2.25. The molecule has 0 bridgehead atoms. The van der Waals surface area contributed by atoms with Gasteiger partial charge in [-0.25, -0.2) is 15.0 Å². The third-order valence-corrected chi connectivity index (χ3v) is 4.64. The van der Waals surface area contributed by atoms with Crippen molar-refractivity contribution in [2.24, 2.45) is 0 Å². The van der Waals surface area contributed by atoms with E-state index < -0.39 is 0 Å². The van der Waals surface area contributed by atoms with E-state index in [0.29, 0.717) is 6.04 Å². The number of rotatable bonds is 4. The minimum Gasteiger partial charge on any atom is -0.365 e. The summed E-state index contributed by atoms with van der Waals surface area (Å²) in [5.74, 6) is 2.00. The Labute approximate surface area is 145 Å². The Morgan fingerprint density at radius 3 is 2.96 bits per heavy atom. The van der Waals surface area contributed by atoms with Crippen LogP contribution in [0.3, 0.4) is 0 Å². The van der Waals surface area contributed by atoms with Crippen LogP contribution in [0.4, 0.5) is 11.6 Å². The first-order chi connectivity index (χ1) is 11.2. The Bertz CT molecular complexity index is 676. The molecule has 3 rings (SSSR count). The van der Waals surface area contributed by atoms with Gasteiger partial charge in [-0.05, 0) is 53.7 Å². The number of hydrogen-bond donors (Lipinski definition) is 1. The molecule has 1 fully saturated rings. The molecular weight excluding hydrogens is 354 g/mol. The molecule has 0 aromatic carbocycles. The number of anilines is 2. The van der Waals surface area contributed by atoms with Crippen LogP contribution >= 0.6 is 15.9 Å². The van der Waals surface area contributed by atoms with Gasteiger partial charge in [-0.15, -0.1) is 0 Å². The molecule has 1 aliphatic heterocycles. The SMILES string of the molecule is CCc1cc(N2CCCC(Nc3ncc(Br)cc3C)C2)ncn1. The number of piperidine rings is 1. The molecule has 122 valence electrons. The van der Waals surface area contributed by atoms with Crippen LogP contribution in [0.5, 0.6) is 0 Å². The van der Waals surface area contributed by atoms with Crippen molar-refractivity contribution in [1.29, 1.82) is 0 Å². The molecule has 1 saturated heterocycles. The Morgan fingerprint density at radius 2 is 2.17 bits per heavy atom. The molecule has 0 saturated carbocycles. The highest BCUT2D eigenvalue weighted by molar-refractivity contribution is 9.10. The summed E-state index contributed by atoms with van der Waals surface area (Å²) in [6, 6.07) is 4.58. The Kier molecular flexibility index (Phi) is 5.10. The number of aromatic nitrogens is 3. The second kappa shape index (κ2) is 7.25. The van der Waals surface area contributed by atoms with Crippen LogP contribution in [0.1, 0.15) is 31.0 Å². The average Bonchev–Trinajstić information content (AvgIpc) is 2.58. The van der Waals surface area contributed by atoms with Crippen LogP contribution in [0.15, 0.2) is 29.1 Å². The summed E-state index contributed by atoms with van der Waals surface area (Å²) >= 11 is 3.46. The summed E-state index contributed by atoms with van der Waals surface area (Å²) in [6.07, 6.45) is 6.75. The van der Waals surface area contributed by atoms with Crippen molar-refractivity contribution in [3.63, 3.8) is 0 Å². The molecule has 1 aliphatic rings. The monoisotopic (exact) mass is 375 g/mol. The highest BCUT2D eigenvalue weighted by Crippen LogP contribution is 2.22. The molecule has 3 heterocycles. The van der Waals surface area contributed by atoms with Crippen LogP contribution in [-0.4, -0.2) is 34.1 Å². The van der Waals surface area contributed by atoms with E-state index >= 15 is 0 Å². The number of nitrogens with one attached hydrogen (secondary N) is 1. The number of nitrogens with zero attached hydrogens (tertiary/aromatic N) is 4. The molecule has 0 amide bonds. The van der Waals surface area contributed by atoms with E-state index in [1.165, 1.54) is 0 Å². The summed E-state index contributed by atoms with van der Waals surface area (Å²) in [6.45, 7) is 6.19. The molecule has 2 aromatic heterocycles. The highest BCUT2D eigenvalue weighted by atomic mass is 79.9. The fourth-order valence-corrected chi connectivity index (χ4v) is 3.39. The van der Waals surface area contributed by atoms with Gasteiger partial charge in [-0.2, -0.15) is 0 Å².